The second-order valence-corrected chi connectivity index (χ2v) is 10.4. The second-order valence-electron chi connectivity index (χ2n) is 9.66. The second kappa shape index (κ2) is 16.3. The van der Waals surface area contributed by atoms with E-state index in [1.165, 1.54) is 0 Å². The molecule has 0 spiro atoms. The fraction of sp³-hybridized carbons (Fsp3) is 0.281. The summed E-state index contributed by atoms with van der Waals surface area (Å²) in [4.78, 5) is 21.7. The molecule has 0 radical (unpaired) electrons. The number of carbonyl (C=O) groups excluding carboxylic acids is 1. The summed E-state index contributed by atoms with van der Waals surface area (Å²) in [7, 11) is 1.59. The number of carbonyl (C=O) groups is 1. The van der Waals surface area contributed by atoms with Crippen LogP contribution in [0.25, 0.3) is 22.4 Å². The fourth-order valence-electron chi connectivity index (χ4n) is 4.42. The zero-order valence-corrected chi connectivity index (χ0v) is 25.2. The van der Waals surface area contributed by atoms with Crippen molar-refractivity contribution in [3.8, 4) is 28.1 Å². The van der Waals surface area contributed by atoms with Gasteiger partial charge < -0.3 is 20.7 Å². The Balaban J connectivity index is 1.53. The number of methoxy groups -OCH3 is 1. The van der Waals surface area contributed by atoms with Gasteiger partial charge in [0.25, 0.3) is 5.91 Å². The maximum Gasteiger partial charge on any atom is 0.274 e. The summed E-state index contributed by atoms with van der Waals surface area (Å²) in [6.07, 6.45) is 4.16. The number of amides is 1. The molecule has 0 fully saturated rings. The minimum atomic E-state index is -0.413. The van der Waals surface area contributed by atoms with Gasteiger partial charge in [0.05, 0.1) is 41.9 Å². The van der Waals surface area contributed by atoms with Crippen molar-refractivity contribution in [3.63, 3.8) is 0 Å². The van der Waals surface area contributed by atoms with Crippen molar-refractivity contribution in [3.05, 3.63) is 93.9 Å². The molecule has 3 N–H and O–H groups in total. The van der Waals surface area contributed by atoms with Gasteiger partial charge in [-0.15, -0.1) is 0 Å². The number of alkyl halides is 2. The summed E-state index contributed by atoms with van der Waals surface area (Å²) in [5.74, 6) is 0.245. The zero-order valence-electron chi connectivity index (χ0n) is 23.7. The van der Waals surface area contributed by atoms with Crippen LogP contribution in [0, 0.1) is 0 Å². The van der Waals surface area contributed by atoms with Gasteiger partial charge in [-0.3, -0.25) is 23.5 Å². The van der Waals surface area contributed by atoms with Gasteiger partial charge in [0, 0.05) is 47.7 Å². The van der Waals surface area contributed by atoms with Crippen molar-refractivity contribution in [2.75, 3.05) is 38.9 Å². The predicted octanol–water partition coefficient (Wildman–Crippen LogP) is 7.28. The normalized spacial score (nSPS) is 11.0. The molecule has 11 heteroatoms. The molecular weight excluding hydrogens is 595 g/mol. The van der Waals surface area contributed by atoms with Crippen LogP contribution >= 0.6 is 23.2 Å². The molecule has 4 aromatic rings. The smallest absolute Gasteiger partial charge is 0.274 e. The highest BCUT2D eigenvalue weighted by atomic mass is 35.5. The molecule has 0 saturated heterocycles. The van der Waals surface area contributed by atoms with Gasteiger partial charge in [-0.05, 0) is 55.8 Å². The molecule has 4 rings (SSSR count). The topological polar surface area (TPSA) is 88.2 Å². The number of halogens is 4. The first-order valence-electron chi connectivity index (χ1n) is 13.9. The number of benzene rings is 2. The van der Waals surface area contributed by atoms with Crippen molar-refractivity contribution >= 4 is 34.8 Å². The molecule has 0 aliphatic heterocycles. The predicted molar refractivity (Wildman–Crippen MR) is 168 cm³/mol. The molecule has 0 atom stereocenters. The Bertz CT molecular complexity index is 1520. The number of hydrogen-bond acceptors (Lipinski definition) is 6. The van der Waals surface area contributed by atoms with E-state index < -0.39 is 5.91 Å². The van der Waals surface area contributed by atoms with Crippen LogP contribution in [0.1, 0.15) is 34.5 Å². The van der Waals surface area contributed by atoms with Gasteiger partial charge in [0.15, 0.2) is 0 Å². The van der Waals surface area contributed by atoms with Crippen molar-refractivity contribution in [1.29, 1.82) is 0 Å². The number of nitrogens with one attached hydrogen (secondary N) is 3. The molecule has 43 heavy (non-hydrogen) atoms. The maximum absolute atomic E-state index is 13.0. The van der Waals surface area contributed by atoms with Gasteiger partial charge in [0.2, 0.25) is 0 Å². The number of pyridine rings is 2. The molecular formula is C32H33Cl2F2N5O2. The van der Waals surface area contributed by atoms with Gasteiger partial charge in [-0.25, -0.2) is 0 Å². The molecule has 7 nitrogen and oxygen atoms in total. The van der Waals surface area contributed by atoms with E-state index in [2.05, 4.69) is 25.9 Å². The highest BCUT2D eigenvalue weighted by molar-refractivity contribution is 6.39. The summed E-state index contributed by atoms with van der Waals surface area (Å²) in [5, 5.41) is 9.87. The van der Waals surface area contributed by atoms with Crippen molar-refractivity contribution in [1.82, 2.24) is 20.6 Å². The third-order valence-corrected chi connectivity index (χ3v) is 7.45. The number of hydrogen-bond donors (Lipinski definition) is 3. The van der Waals surface area contributed by atoms with Crippen LogP contribution in [0.5, 0.6) is 5.75 Å². The van der Waals surface area contributed by atoms with E-state index in [0.29, 0.717) is 77.3 Å². The van der Waals surface area contributed by atoms with Crippen LogP contribution in [-0.4, -0.2) is 49.4 Å². The average molecular weight is 629 g/mol. The summed E-state index contributed by atoms with van der Waals surface area (Å²) in [5.41, 5.74) is 5.02. The molecule has 0 aliphatic rings. The van der Waals surface area contributed by atoms with E-state index >= 15 is 0 Å². The van der Waals surface area contributed by atoms with E-state index in [0.717, 1.165) is 16.7 Å². The van der Waals surface area contributed by atoms with Crippen LogP contribution in [-0.2, 0) is 13.1 Å². The molecule has 0 saturated carbocycles. The van der Waals surface area contributed by atoms with Crippen LogP contribution in [0.2, 0.25) is 10.0 Å². The van der Waals surface area contributed by atoms with E-state index in [-0.39, 0.29) is 19.0 Å². The SMILES string of the molecule is COc1cc(-c2nccc(-c3cccc(NC(=O)c4ccc(CNCCCF)cn4)c3Cl)c2Cl)ccc1CNCCCF. The Labute approximate surface area is 260 Å². The van der Waals surface area contributed by atoms with Gasteiger partial charge in [0.1, 0.15) is 11.4 Å². The van der Waals surface area contributed by atoms with E-state index in [4.69, 9.17) is 27.9 Å². The molecule has 226 valence electrons. The number of rotatable bonds is 15. The number of ether oxygens (including phenoxy) is 1. The third-order valence-electron chi connectivity index (χ3n) is 6.66. The molecule has 1 amide bonds. The first kappa shape index (κ1) is 32.3. The lowest BCUT2D eigenvalue weighted by Crippen LogP contribution is -2.17. The van der Waals surface area contributed by atoms with Crippen molar-refractivity contribution in [2.45, 2.75) is 25.9 Å². The summed E-state index contributed by atoms with van der Waals surface area (Å²) in [6.45, 7) is 1.48. The van der Waals surface area contributed by atoms with Crippen LogP contribution < -0.4 is 20.7 Å². The van der Waals surface area contributed by atoms with E-state index in [9.17, 15) is 13.6 Å². The molecule has 0 unspecified atom stereocenters. The molecule has 2 heterocycles. The summed E-state index contributed by atoms with van der Waals surface area (Å²) < 4.78 is 30.3. The average Bonchev–Trinajstić information content (AvgIpc) is 3.03. The number of aromatic nitrogens is 2. The quantitative estimate of drug-likeness (QED) is 0.120. The Hall–Kier alpha value is -3.63. The van der Waals surface area contributed by atoms with Gasteiger partial charge >= 0.3 is 0 Å². The fourth-order valence-corrected chi connectivity index (χ4v) is 5.01. The van der Waals surface area contributed by atoms with Crippen molar-refractivity contribution < 1.29 is 18.3 Å². The standard InChI is InChI=1S/C32H33Cl2F2N5O2/c1-43-28-17-22(8-9-23(28)20-38-15-4-13-36)31-30(34)25(11-16-39-31)24-5-2-6-26(29(24)33)41-32(42)27-10-7-21(19-40-27)18-37-14-3-12-35/h2,5-11,16-17,19,37-38H,3-4,12-15,18,20H2,1H3,(H,41,42). The van der Waals surface area contributed by atoms with Crippen molar-refractivity contribution in [2.24, 2.45) is 0 Å². The largest absolute Gasteiger partial charge is 0.496 e. The minimum absolute atomic E-state index is 0.230. The Morgan fingerprint density at radius 1 is 0.884 bits per heavy atom. The monoisotopic (exact) mass is 627 g/mol. The van der Waals surface area contributed by atoms with Crippen LogP contribution in [0.3, 0.4) is 0 Å². The Morgan fingerprint density at radius 3 is 2.33 bits per heavy atom. The summed E-state index contributed by atoms with van der Waals surface area (Å²) in [6, 6.07) is 16.2. The Kier molecular flexibility index (Phi) is 12.2. The zero-order chi connectivity index (χ0) is 30.6. The highest BCUT2D eigenvalue weighted by Crippen LogP contribution is 2.41. The lowest BCUT2D eigenvalue weighted by molar-refractivity contribution is 0.102. The van der Waals surface area contributed by atoms with Crippen LogP contribution in [0.15, 0.2) is 67.0 Å². The summed E-state index contributed by atoms with van der Waals surface area (Å²) >= 11 is 13.7. The van der Waals surface area contributed by atoms with Gasteiger partial charge in [-0.2, -0.15) is 0 Å². The van der Waals surface area contributed by atoms with Crippen LogP contribution in [0.4, 0.5) is 14.5 Å². The number of anilines is 1. The van der Waals surface area contributed by atoms with Gasteiger partial charge in [-0.1, -0.05) is 53.5 Å². The lowest BCUT2D eigenvalue weighted by atomic mass is 10.0. The molecule has 0 aliphatic carbocycles. The van der Waals surface area contributed by atoms with E-state index in [1.54, 1.807) is 49.8 Å². The first-order valence-corrected chi connectivity index (χ1v) is 14.6. The maximum atomic E-state index is 13.0. The molecule has 2 aromatic heterocycles. The van der Waals surface area contributed by atoms with E-state index in [1.807, 2.05) is 24.3 Å². The molecule has 0 bridgehead atoms. The lowest BCUT2D eigenvalue weighted by Gasteiger charge is -2.15. The minimum Gasteiger partial charge on any atom is -0.496 e. The third kappa shape index (κ3) is 8.48. The first-order chi connectivity index (χ1) is 21.0. The highest BCUT2D eigenvalue weighted by Gasteiger charge is 2.18. The Morgan fingerprint density at radius 2 is 1.63 bits per heavy atom. The number of nitrogens with zero attached hydrogens (tertiary/aromatic N) is 2. The molecule has 2 aromatic carbocycles.